The summed E-state index contributed by atoms with van der Waals surface area (Å²) in [6.45, 7) is 1.87. The van der Waals surface area contributed by atoms with Gasteiger partial charge in [0, 0.05) is 18.1 Å². The molecule has 0 radical (unpaired) electrons. The van der Waals surface area contributed by atoms with Gasteiger partial charge in [-0.1, -0.05) is 24.3 Å². The minimum Gasteiger partial charge on any atom is -0.398 e. The molecule has 0 saturated carbocycles. The number of aromatic amines is 1. The Morgan fingerprint density at radius 2 is 2.00 bits per heavy atom. The van der Waals surface area contributed by atoms with Crippen molar-refractivity contribution in [3.63, 3.8) is 0 Å². The van der Waals surface area contributed by atoms with E-state index in [1.807, 2.05) is 43.3 Å². The number of nitrogen functional groups attached to an aromatic ring is 1. The topological polar surface area (TPSA) is 83.8 Å². The highest BCUT2D eigenvalue weighted by Crippen LogP contribution is 2.22. The van der Waals surface area contributed by atoms with Crippen LogP contribution in [0.25, 0.3) is 10.8 Å². The first-order valence-electron chi connectivity index (χ1n) is 6.73. The third-order valence-corrected chi connectivity index (χ3v) is 3.44. The van der Waals surface area contributed by atoms with Gasteiger partial charge in [-0.25, -0.2) is 4.98 Å². The summed E-state index contributed by atoms with van der Waals surface area (Å²) in [6, 6.07) is 11.2. The first-order valence-corrected chi connectivity index (χ1v) is 6.73. The summed E-state index contributed by atoms with van der Waals surface area (Å²) in [5.41, 5.74) is 6.95. The molecule has 21 heavy (non-hydrogen) atoms. The zero-order valence-corrected chi connectivity index (χ0v) is 11.6. The molecule has 0 spiro atoms. The van der Waals surface area contributed by atoms with Crippen molar-refractivity contribution in [2.24, 2.45) is 0 Å². The molecule has 3 aromatic rings. The Labute approximate surface area is 122 Å². The van der Waals surface area contributed by atoms with Crippen LogP contribution in [0, 0.1) is 0 Å². The van der Waals surface area contributed by atoms with E-state index < -0.39 is 0 Å². The van der Waals surface area contributed by atoms with Gasteiger partial charge in [-0.05, 0) is 29.8 Å². The van der Waals surface area contributed by atoms with E-state index in [0.717, 1.165) is 10.8 Å². The van der Waals surface area contributed by atoms with Gasteiger partial charge in [-0.15, -0.1) is 0 Å². The van der Waals surface area contributed by atoms with Crippen molar-refractivity contribution >= 4 is 22.4 Å². The lowest BCUT2D eigenvalue weighted by molar-refractivity contribution is 0.0939. The van der Waals surface area contributed by atoms with Crippen molar-refractivity contribution in [1.82, 2.24) is 15.3 Å². The van der Waals surface area contributed by atoms with Crippen LogP contribution < -0.4 is 11.1 Å². The second-order valence-corrected chi connectivity index (χ2v) is 4.96. The van der Waals surface area contributed by atoms with E-state index in [-0.39, 0.29) is 11.9 Å². The summed E-state index contributed by atoms with van der Waals surface area (Å²) >= 11 is 0. The highest BCUT2D eigenvalue weighted by Gasteiger charge is 2.15. The van der Waals surface area contributed by atoms with E-state index in [1.54, 1.807) is 12.4 Å². The third kappa shape index (κ3) is 2.58. The number of nitrogens with two attached hydrogens (primary N) is 1. The van der Waals surface area contributed by atoms with Gasteiger partial charge in [0.25, 0.3) is 5.91 Å². The number of amides is 1. The maximum atomic E-state index is 12.4. The molecule has 1 amide bonds. The molecule has 1 aromatic heterocycles. The van der Waals surface area contributed by atoms with Crippen LogP contribution in [-0.2, 0) is 0 Å². The number of anilines is 1. The fourth-order valence-electron chi connectivity index (χ4n) is 2.31. The molecule has 106 valence electrons. The molecule has 5 nitrogen and oxygen atoms in total. The first kappa shape index (κ1) is 13.2. The molecule has 3 rings (SSSR count). The van der Waals surface area contributed by atoms with E-state index in [4.69, 9.17) is 5.73 Å². The van der Waals surface area contributed by atoms with Crippen molar-refractivity contribution in [1.29, 1.82) is 0 Å². The van der Waals surface area contributed by atoms with Crippen LogP contribution in [0.2, 0.25) is 0 Å². The molecule has 1 unspecified atom stereocenters. The number of carbonyl (C=O) groups is 1. The van der Waals surface area contributed by atoms with Crippen LogP contribution in [0.1, 0.15) is 29.1 Å². The van der Waals surface area contributed by atoms with Crippen LogP contribution >= 0.6 is 0 Å². The number of fused-ring (bicyclic) bond motifs is 1. The smallest absolute Gasteiger partial charge is 0.253 e. The second-order valence-electron chi connectivity index (χ2n) is 4.96. The van der Waals surface area contributed by atoms with Gasteiger partial charge < -0.3 is 16.0 Å². The minimum atomic E-state index is -0.210. The average Bonchev–Trinajstić information content (AvgIpc) is 3.00. The normalized spacial score (nSPS) is 12.2. The summed E-state index contributed by atoms with van der Waals surface area (Å²) in [7, 11) is 0. The summed E-state index contributed by atoms with van der Waals surface area (Å²) in [6.07, 6.45) is 3.38. The number of H-pyrrole nitrogens is 1. The number of nitrogens with zero attached hydrogens (tertiary/aromatic N) is 1. The average molecular weight is 280 g/mol. The highest BCUT2D eigenvalue weighted by molar-refractivity contribution is 6.04. The molecule has 2 aromatic carbocycles. The summed E-state index contributed by atoms with van der Waals surface area (Å²) < 4.78 is 0. The Balaban J connectivity index is 1.89. The molecule has 0 aliphatic carbocycles. The quantitative estimate of drug-likeness (QED) is 0.645. The standard InChI is InChI=1S/C16H16N4O/c1-10(15-18-6-7-19-15)20-16(21)13-8-11-4-2-3-5-12(11)9-14(13)17/h2-10H,17H2,1H3,(H,18,19)(H,20,21). The molecule has 0 bridgehead atoms. The Morgan fingerprint density at radius 1 is 1.29 bits per heavy atom. The number of carbonyl (C=O) groups excluding carboxylic acids is 1. The van der Waals surface area contributed by atoms with Crippen molar-refractivity contribution in [3.8, 4) is 0 Å². The lowest BCUT2D eigenvalue weighted by Gasteiger charge is -2.13. The Bertz CT molecular complexity index is 780. The number of hydrogen-bond acceptors (Lipinski definition) is 3. The maximum absolute atomic E-state index is 12.4. The number of imidazole rings is 1. The van der Waals surface area contributed by atoms with Gasteiger partial charge in [0.1, 0.15) is 5.82 Å². The van der Waals surface area contributed by atoms with Gasteiger partial charge in [0.2, 0.25) is 0 Å². The van der Waals surface area contributed by atoms with Crippen molar-refractivity contribution in [2.45, 2.75) is 13.0 Å². The van der Waals surface area contributed by atoms with Gasteiger partial charge in [0.05, 0.1) is 11.6 Å². The SMILES string of the molecule is CC(NC(=O)c1cc2ccccc2cc1N)c1ncc[nH]1. The lowest BCUT2D eigenvalue weighted by atomic mass is 10.0. The van der Waals surface area contributed by atoms with E-state index in [1.165, 1.54) is 0 Å². The van der Waals surface area contributed by atoms with Crippen LogP contribution in [-0.4, -0.2) is 15.9 Å². The molecule has 1 atom stereocenters. The number of nitrogens with one attached hydrogen (secondary N) is 2. The highest BCUT2D eigenvalue weighted by atomic mass is 16.1. The van der Waals surface area contributed by atoms with Gasteiger partial charge in [0.15, 0.2) is 0 Å². The fraction of sp³-hybridized carbons (Fsp3) is 0.125. The largest absolute Gasteiger partial charge is 0.398 e. The van der Waals surface area contributed by atoms with Gasteiger partial charge in [-0.2, -0.15) is 0 Å². The minimum absolute atomic E-state index is 0.206. The first-order chi connectivity index (χ1) is 10.1. The Morgan fingerprint density at radius 3 is 2.67 bits per heavy atom. The molecular weight excluding hydrogens is 264 g/mol. The van der Waals surface area contributed by atoms with Crippen molar-refractivity contribution < 1.29 is 4.79 Å². The predicted octanol–water partition coefficient (Wildman–Crippen LogP) is 2.64. The number of rotatable bonds is 3. The molecule has 5 heteroatoms. The molecule has 0 saturated heterocycles. The van der Waals surface area contributed by atoms with E-state index >= 15 is 0 Å². The third-order valence-electron chi connectivity index (χ3n) is 3.44. The number of benzene rings is 2. The maximum Gasteiger partial charge on any atom is 0.253 e. The van der Waals surface area contributed by atoms with Crippen LogP contribution in [0.15, 0.2) is 48.8 Å². The van der Waals surface area contributed by atoms with Crippen LogP contribution in [0.4, 0.5) is 5.69 Å². The molecule has 1 heterocycles. The zero-order valence-electron chi connectivity index (χ0n) is 11.6. The molecular formula is C16H16N4O. The predicted molar refractivity (Wildman–Crippen MR) is 82.8 cm³/mol. The monoisotopic (exact) mass is 280 g/mol. The second kappa shape index (κ2) is 5.28. The number of aromatic nitrogens is 2. The summed E-state index contributed by atoms with van der Waals surface area (Å²) in [5.74, 6) is 0.505. The molecule has 0 aliphatic rings. The molecule has 0 aliphatic heterocycles. The Kier molecular flexibility index (Phi) is 3.31. The van der Waals surface area contributed by atoms with Crippen molar-refractivity contribution in [2.75, 3.05) is 5.73 Å². The van der Waals surface area contributed by atoms with Crippen LogP contribution in [0.5, 0.6) is 0 Å². The fourth-order valence-corrected chi connectivity index (χ4v) is 2.31. The zero-order chi connectivity index (χ0) is 14.8. The lowest BCUT2D eigenvalue weighted by Crippen LogP contribution is -2.28. The summed E-state index contributed by atoms with van der Waals surface area (Å²) in [4.78, 5) is 19.5. The van der Waals surface area contributed by atoms with E-state index in [2.05, 4.69) is 15.3 Å². The van der Waals surface area contributed by atoms with Crippen LogP contribution in [0.3, 0.4) is 0 Å². The van der Waals surface area contributed by atoms with Gasteiger partial charge >= 0.3 is 0 Å². The van der Waals surface area contributed by atoms with Gasteiger partial charge in [-0.3, -0.25) is 4.79 Å². The van der Waals surface area contributed by atoms with Crippen molar-refractivity contribution in [3.05, 3.63) is 60.2 Å². The van der Waals surface area contributed by atoms with E-state index in [0.29, 0.717) is 17.1 Å². The number of hydrogen-bond donors (Lipinski definition) is 3. The summed E-state index contributed by atoms with van der Waals surface area (Å²) in [5, 5.41) is 4.90. The van der Waals surface area contributed by atoms with E-state index in [9.17, 15) is 4.79 Å². The molecule has 4 N–H and O–H groups in total. The molecule has 0 fully saturated rings. The Hall–Kier alpha value is -2.82.